The van der Waals surface area contributed by atoms with Crippen molar-refractivity contribution in [2.75, 3.05) is 20.1 Å². The lowest BCUT2D eigenvalue weighted by Crippen LogP contribution is -2.36. The lowest BCUT2D eigenvalue weighted by molar-refractivity contribution is 0.215. The van der Waals surface area contributed by atoms with Gasteiger partial charge < -0.3 is 5.32 Å². The van der Waals surface area contributed by atoms with Gasteiger partial charge in [0.15, 0.2) is 0 Å². The van der Waals surface area contributed by atoms with E-state index in [0.717, 1.165) is 25.2 Å². The van der Waals surface area contributed by atoms with Crippen LogP contribution in [0, 0.1) is 0 Å². The van der Waals surface area contributed by atoms with Gasteiger partial charge in [-0.1, -0.05) is 13.8 Å². The second kappa shape index (κ2) is 6.78. The molecule has 0 aromatic carbocycles. The van der Waals surface area contributed by atoms with E-state index in [0.29, 0.717) is 6.04 Å². The van der Waals surface area contributed by atoms with Crippen LogP contribution in [0.3, 0.4) is 0 Å². The first kappa shape index (κ1) is 15.5. The Bertz CT molecular complexity index is 457. The van der Waals surface area contributed by atoms with Gasteiger partial charge in [0.2, 0.25) is 0 Å². The maximum Gasteiger partial charge on any atom is 0.0328 e. The van der Waals surface area contributed by atoms with Gasteiger partial charge in [0.05, 0.1) is 0 Å². The predicted molar refractivity (Wildman–Crippen MR) is 90.8 cm³/mol. The molecule has 3 nitrogen and oxygen atoms in total. The molecule has 2 fully saturated rings. The van der Waals surface area contributed by atoms with Gasteiger partial charge in [-0.15, -0.1) is 11.3 Å². The Morgan fingerprint density at radius 2 is 1.95 bits per heavy atom. The average Bonchev–Trinajstić information content (AvgIpc) is 2.96. The summed E-state index contributed by atoms with van der Waals surface area (Å²) in [4.78, 5) is 8.29. The molecule has 2 atom stereocenters. The minimum Gasteiger partial charge on any atom is -0.310 e. The van der Waals surface area contributed by atoms with Gasteiger partial charge in [-0.3, -0.25) is 9.80 Å². The van der Waals surface area contributed by atoms with Crippen molar-refractivity contribution in [2.24, 2.45) is 0 Å². The van der Waals surface area contributed by atoms with Gasteiger partial charge in [0.25, 0.3) is 0 Å². The first-order chi connectivity index (χ1) is 10.1. The molecule has 2 unspecified atom stereocenters. The van der Waals surface area contributed by atoms with Crippen LogP contribution >= 0.6 is 11.3 Å². The van der Waals surface area contributed by atoms with Gasteiger partial charge in [-0.2, -0.15) is 0 Å². The zero-order chi connectivity index (χ0) is 14.8. The minimum atomic E-state index is 0.562. The van der Waals surface area contributed by atoms with E-state index in [-0.39, 0.29) is 0 Å². The predicted octanol–water partition coefficient (Wildman–Crippen LogP) is 2.91. The average molecular weight is 308 g/mol. The van der Waals surface area contributed by atoms with Crippen LogP contribution in [-0.4, -0.2) is 48.1 Å². The van der Waals surface area contributed by atoms with Crippen LogP contribution in [0.1, 0.15) is 42.9 Å². The third-order valence-electron chi connectivity index (χ3n) is 5.01. The SMILES string of the molecule is CC(C)NCc1ccc(CN2CCC3CCC(C2)N3C)s1. The van der Waals surface area contributed by atoms with Crippen molar-refractivity contribution in [2.45, 2.75) is 64.3 Å². The quantitative estimate of drug-likeness (QED) is 0.902. The largest absolute Gasteiger partial charge is 0.310 e. The van der Waals surface area contributed by atoms with Crippen LogP contribution in [0.4, 0.5) is 0 Å². The van der Waals surface area contributed by atoms with E-state index in [9.17, 15) is 0 Å². The molecule has 3 rings (SSSR count). The van der Waals surface area contributed by atoms with Crippen LogP contribution in [0.15, 0.2) is 12.1 Å². The zero-order valence-electron chi connectivity index (χ0n) is 13.6. The molecule has 2 bridgehead atoms. The normalized spacial score (nSPS) is 27.4. The lowest BCUT2D eigenvalue weighted by Gasteiger charge is -2.25. The molecule has 2 saturated heterocycles. The molecule has 0 saturated carbocycles. The van der Waals surface area contributed by atoms with Gasteiger partial charge in [0.1, 0.15) is 0 Å². The molecule has 0 amide bonds. The Morgan fingerprint density at radius 1 is 1.19 bits per heavy atom. The molecule has 2 aliphatic rings. The summed E-state index contributed by atoms with van der Waals surface area (Å²) in [6.45, 7) is 9.08. The van der Waals surface area contributed by atoms with Crippen molar-refractivity contribution < 1.29 is 0 Å². The summed E-state index contributed by atoms with van der Waals surface area (Å²) in [5, 5.41) is 3.51. The van der Waals surface area contributed by atoms with E-state index < -0.39 is 0 Å². The summed E-state index contributed by atoms with van der Waals surface area (Å²) in [5.74, 6) is 0. The molecule has 1 aromatic heterocycles. The highest BCUT2D eigenvalue weighted by Crippen LogP contribution is 2.29. The fraction of sp³-hybridized carbons (Fsp3) is 0.765. The summed E-state index contributed by atoms with van der Waals surface area (Å²) >= 11 is 1.98. The number of nitrogens with zero attached hydrogens (tertiary/aromatic N) is 2. The van der Waals surface area contributed by atoms with Gasteiger partial charge >= 0.3 is 0 Å². The summed E-state index contributed by atoms with van der Waals surface area (Å²) < 4.78 is 0. The third kappa shape index (κ3) is 3.86. The molecular formula is C17H29N3S. The van der Waals surface area contributed by atoms with E-state index in [1.165, 1.54) is 42.1 Å². The second-order valence-corrected chi connectivity index (χ2v) is 8.23. The van der Waals surface area contributed by atoms with Crippen molar-refractivity contribution in [3.05, 3.63) is 21.9 Å². The smallest absolute Gasteiger partial charge is 0.0328 e. The molecule has 3 heterocycles. The highest BCUT2D eigenvalue weighted by Gasteiger charge is 2.34. The molecule has 2 aliphatic heterocycles. The van der Waals surface area contributed by atoms with Crippen LogP contribution in [0.5, 0.6) is 0 Å². The molecule has 0 aliphatic carbocycles. The Morgan fingerprint density at radius 3 is 2.76 bits per heavy atom. The Labute approximate surface area is 133 Å². The monoisotopic (exact) mass is 307 g/mol. The van der Waals surface area contributed by atoms with E-state index in [2.05, 4.69) is 48.1 Å². The Balaban J connectivity index is 1.54. The summed E-state index contributed by atoms with van der Waals surface area (Å²) in [6.07, 6.45) is 4.16. The van der Waals surface area contributed by atoms with Gasteiger partial charge in [-0.25, -0.2) is 0 Å². The third-order valence-corrected chi connectivity index (χ3v) is 6.08. The number of thiophene rings is 1. The summed E-state index contributed by atoms with van der Waals surface area (Å²) in [6, 6.07) is 6.82. The Kier molecular flexibility index (Phi) is 4.99. The van der Waals surface area contributed by atoms with Crippen molar-refractivity contribution in [1.82, 2.24) is 15.1 Å². The zero-order valence-corrected chi connectivity index (χ0v) is 14.5. The fourth-order valence-electron chi connectivity index (χ4n) is 3.65. The number of hydrogen-bond acceptors (Lipinski definition) is 4. The molecule has 118 valence electrons. The number of likely N-dealkylation sites (tertiary alicyclic amines) is 1. The van der Waals surface area contributed by atoms with Crippen molar-refractivity contribution >= 4 is 11.3 Å². The lowest BCUT2D eigenvalue weighted by atomic mass is 10.1. The number of hydrogen-bond donors (Lipinski definition) is 1. The second-order valence-electron chi connectivity index (χ2n) is 6.98. The standard InChI is InChI=1S/C17H29N3S/c1-13(2)18-10-16-6-7-17(21-16)12-20-9-8-14-4-5-15(11-20)19(14)3/h6-7,13-15,18H,4-5,8-12H2,1-3H3. The number of likely N-dealkylation sites (N-methyl/N-ethyl adjacent to an activating group) is 1. The first-order valence-corrected chi connectivity index (χ1v) is 9.18. The van der Waals surface area contributed by atoms with Crippen LogP contribution in [0.25, 0.3) is 0 Å². The van der Waals surface area contributed by atoms with Crippen LogP contribution in [-0.2, 0) is 13.1 Å². The number of fused-ring (bicyclic) bond motifs is 2. The molecule has 1 aromatic rings. The molecular weight excluding hydrogens is 278 g/mol. The van der Waals surface area contributed by atoms with Crippen LogP contribution < -0.4 is 5.32 Å². The van der Waals surface area contributed by atoms with Gasteiger partial charge in [-0.05, 0) is 38.4 Å². The molecule has 1 N–H and O–H groups in total. The summed E-state index contributed by atoms with van der Waals surface area (Å²) in [5.41, 5.74) is 0. The highest BCUT2D eigenvalue weighted by molar-refractivity contribution is 7.11. The van der Waals surface area contributed by atoms with Crippen molar-refractivity contribution in [3.63, 3.8) is 0 Å². The maximum atomic E-state index is 3.51. The van der Waals surface area contributed by atoms with Crippen LogP contribution in [0.2, 0.25) is 0 Å². The van der Waals surface area contributed by atoms with Crippen molar-refractivity contribution in [1.29, 1.82) is 0 Å². The highest BCUT2D eigenvalue weighted by atomic mass is 32.1. The van der Waals surface area contributed by atoms with E-state index in [1.54, 1.807) is 0 Å². The molecule has 21 heavy (non-hydrogen) atoms. The maximum absolute atomic E-state index is 3.51. The van der Waals surface area contributed by atoms with E-state index in [4.69, 9.17) is 0 Å². The topological polar surface area (TPSA) is 18.5 Å². The minimum absolute atomic E-state index is 0.562. The molecule has 0 radical (unpaired) electrons. The molecule has 0 spiro atoms. The van der Waals surface area contributed by atoms with Crippen molar-refractivity contribution in [3.8, 4) is 0 Å². The van der Waals surface area contributed by atoms with E-state index in [1.807, 2.05) is 11.3 Å². The Hall–Kier alpha value is -0.420. The number of rotatable bonds is 5. The first-order valence-electron chi connectivity index (χ1n) is 8.37. The summed E-state index contributed by atoms with van der Waals surface area (Å²) in [7, 11) is 2.33. The van der Waals surface area contributed by atoms with E-state index >= 15 is 0 Å². The number of nitrogens with one attached hydrogen (secondary N) is 1. The van der Waals surface area contributed by atoms with Gasteiger partial charge in [0, 0.05) is 54.1 Å². The molecule has 4 heteroatoms. The fourth-order valence-corrected chi connectivity index (χ4v) is 4.66.